The van der Waals surface area contributed by atoms with Crippen molar-refractivity contribution in [3.05, 3.63) is 12.4 Å². The summed E-state index contributed by atoms with van der Waals surface area (Å²) in [5, 5.41) is 3.30. The summed E-state index contributed by atoms with van der Waals surface area (Å²) in [6.45, 7) is 4.82. The standard InChI is InChI=1S/C11H19N5O/c1-11(2-4-17-5-3-11)8-14-9-6-13-7-10(15-9)16-12/h6-7H,2-5,8,12H2,1H3,(H2,14,15,16). The van der Waals surface area contributed by atoms with Crippen LogP contribution in [-0.2, 0) is 4.74 Å². The van der Waals surface area contributed by atoms with Crippen LogP contribution in [-0.4, -0.2) is 29.7 Å². The lowest BCUT2D eigenvalue weighted by atomic mass is 9.82. The molecule has 1 aromatic heterocycles. The van der Waals surface area contributed by atoms with Gasteiger partial charge in [0.05, 0.1) is 12.4 Å². The molecule has 2 rings (SSSR count). The predicted octanol–water partition coefficient (Wildman–Crippen LogP) is 0.991. The molecule has 1 aromatic rings. The molecule has 0 radical (unpaired) electrons. The maximum atomic E-state index is 5.37. The first-order valence-corrected chi connectivity index (χ1v) is 5.82. The van der Waals surface area contributed by atoms with Gasteiger partial charge in [0, 0.05) is 19.8 Å². The first-order valence-electron chi connectivity index (χ1n) is 5.82. The topological polar surface area (TPSA) is 85.1 Å². The summed E-state index contributed by atoms with van der Waals surface area (Å²) in [5.74, 6) is 6.59. The normalized spacial score (nSPS) is 18.7. The molecule has 0 saturated carbocycles. The van der Waals surface area contributed by atoms with Gasteiger partial charge < -0.3 is 15.5 Å². The molecular formula is C11H19N5O. The van der Waals surface area contributed by atoms with E-state index in [0.29, 0.717) is 5.82 Å². The number of aromatic nitrogens is 2. The minimum Gasteiger partial charge on any atom is -0.381 e. The molecule has 1 saturated heterocycles. The SMILES string of the molecule is CC1(CNc2cncc(NN)n2)CCOCC1. The van der Waals surface area contributed by atoms with Crippen LogP contribution in [0.25, 0.3) is 0 Å². The van der Waals surface area contributed by atoms with Gasteiger partial charge in [-0.05, 0) is 18.3 Å². The number of rotatable bonds is 4. The average molecular weight is 237 g/mol. The van der Waals surface area contributed by atoms with Crippen molar-refractivity contribution in [2.24, 2.45) is 11.3 Å². The molecule has 6 nitrogen and oxygen atoms in total. The van der Waals surface area contributed by atoms with E-state index in [1.807, 2.05) is 0 Å². The highest BCUT2D eigenvalue weighted by Gasteiger charge is 2.27. The Balaban J connectivity index is 1.92. The molecule has 0 bridgehead atoms. The third kappa shape index (κ3) is 3.28. The van der Waals surface area contributed by atoms with Crippen LogP contribution in [0, 0.1) is 5.41 Å². The van der Waals surface area contributed by atoms with Gasteiger partial charge in [-0.3, -0.25) is 4.98 Å². The summed E-state index contributed by atoms with van der Waals surface area (Å²) in [5.41, 5.74) is 2.75. The van der Waals surface area contributed by atoms with Gasteiger partial charge in [-0.1, -0.05) is 6.92 Å². The second-order valence-corrected chi connectivity index (χ2v) is 4.71. The van der Waals surface area contributed by atoms with Crippen LogP contribution in [0.4, 0.5) is 11.6 Å². The Labute approximate surface area is 101 Å². The van der Waals surface area contributed by atoms with Crippen molar-refractivity contribution in [2.45, 2.75) is 19.8 Å². The molecule has 0 amide bonds. The highest BCUT2D eigenvalue weighted by atomic mass is 16.5. The average Bonchev–Trinajstić information content (AvgIpc) is 2.38. The molecule has 1 aliphatic rings. The first kappa shape index (κ1) is 12.1. The van der Waals surface area contributed by atoms with Gasteiger partial charge in [0.2, 0.25) is 0 Å². The number of nitrogens with zero attached hydrogens (tertiary/aromatic N) is 2. The molecule has 0 aliphatic carbocycles. The summed E-state index contributed by atoms with van der Waals surface area (Å²) in [6, 6.07) is 0. The number of nitrogens with one attached hydrogen (secondary N) is 2. The zero-order valence-corrected chi connectivity index (χ0v) is 10.1. The lowest BCUT2D eigenvalue weighted by molar-refractivity contribution is 0.0300. The Hall–Kier alpha value is -1.40. The van der Waals surface area contributed by atoms with Gasteiger partial charge in [0.1, 0.15) is 5.82 Å². The third-order valence-electron chi connectivity index (χ3n) is 3.18. The lowest BCUT2D eigenvalue weighted by Gasteiger charge is -2.33. The summed E-state index contributed by atoms with van der Waals surface area (Å²) in [4.78, 5) is 8.32. The summed E-state index contributed by atoms with van der Waals surface area (Å²) < 4.78 is 5.37. The minimum atomic E-state index is 0.270. The van der Waals surface area contributed by atoms with E-state index in [0.717, 1.165) is 38.4 Å². The van der Waals surface area contributed by atoms with Crippen molar-refractivity contribution in [1.29, 1.82) is 0 Å². The quantitative estimate of drug-likeness (QED) is 0.535. The third-order valence-corrected chi connectivity index (χ3v) is 3.18. The van der Waals surface area contributed by atoms with Crippen LogP contribution < -0.4 is 16.6 Å². The maximum absolute atomic E-state index is 5.37. The van der Waals surface area contributed by atoms with Crippen molar-refractivity contribution in [2.75, 3.05) is 30.5 Å². The van der Waals surface area contributed by atoms with Crippen molar-refractivity contribution in [3.63, 3.8) is 0 Å². The van der Waals surface area contributed by atoms with Gasteiger partial charge in [0.25, 0.3) is 0 Å². The number of anilines is 2. The molecule has 0 unspecified atom stereocenters. The Morgan fingerprint density at radius 1 is 1.35 bits per heavy atom. The van der Waals surface area contributed by atoms with Crippen LogP contribution in [0.3, 0.4) is 0 Å². The second-order valence-electron chi connectivity index (χ2n) is 4.71. The fraction of sp³-hybridized carbons (Fsp3) is 0.636. The van der Waals surface area contributed by atoms with E-state index >= 15 is 0 Å². The van der Waals surface area contributed by atoms with Crippen LogP contribution in [0.2, 0.25) is 0 Å². The number of nitrogen functional groups attached to an aromatic ring is 1. The van der Waals surface area contributed by atoms with Gasteiger partial charge in [-0.2, -0.15) is 0 Å². The molecule has 0 aromatic carbocycles. The molecule has 1 fully saturated rings. The van der Waals surface area contributed by atoms with Gasteiger partial charge in [0.15, 0.2) is 5.82 Å². The Kier molecular flexibility index (Phi) is 3.75. The molecule has 1 aliphatic heterocycles. The number of hydrogen-bond acceptors (Lipinski definition) is 6. The molecular weight excluding hydrogens is 218 g/mol. The Morgan fingerprint density at radius 2 is 2.06 bits per heavy atom. The molecule has 0 atom stereocenters. The van der Waals surface area contributed by atoms with Crippen molar-refractivity contribution in [1.82, 2.24) is 9.97 Å². The monoisotopic (exact) mass is 237 g/mol. The zero-order valence-electron chi connectivity index (χ0n) is 10.1. The number of nitrogens with two attached hydrogens (primary N) is 1. The van der Waals surface area contributed by atoms with Crippen LogP contribution >= 0.6 is 0 Å². The van der Waals surface area contributed by atoms with E-state index in [9.17, 15) is 0 Å². The van der Waals surface area contributed by atoms with E-state index in [2.05, 4.69) is 27.6 Å². The van der Waals surface area contributed by atoms with Gasteiger partial charge >= 0.3 is 0 Å². The fourth-order valence-corrected chi connectivity index (χ4v) is 1.87. The molecule has 6 heteroatoms. The maximum Gasteiger partial charge on any atom is 0.160 e. The van der Waals surface area contributed by atoms with E-state index in [1.54, 1.807) is 12.4 Å². The highest BCUT2D eigenvalue weighted by molar-refractivity contribution is 5.40. The smallest absolute Gasteiger partial charge is 0.160 e. The summed E-state index contributed by atoms with van der Waals surface area (Å²) >= 11 is 0. The minimum absolute atomic E-state index is 0.270. The van der Waals surface area contributed by atoms with E-state index in [4.69, 9.17) is 10.6 Å². The summed E-state index contributed by atoms with van der Waals surface area (Å²) in [7, 11) is 0. The van der Waals surface area contributed by atoms with Gasteiger partial charge in [-0.15, -0.1) is 0 Å². The molecule has 2 heterocycles. The van der Waals surface area contributed by atoms with E-state index < -0.39 is 0 Å². The van der Waals surface area contributed by atoms with Crippen LogP contribution in [0.1, 0.15) is 19.8 Å². The van der Waals surface area contributed by atoms with Crippen LogP contribution in [0.15, 0.2) is 12.4 Å². The Bertz CT molecular complexity index is 365. The number of hydrazine groups is 1. The van der Waals surface area contributed by atoms with Crippen LogP contribution in [0.5, 0.6) is 0 Å². The van der Waals surface area contributed by atoms with Crippen molar-refractivity contribution >= 4 is 11.6 Å². The molecule has 4 N–H and O–H groups in total. The first-order chi connectivity index (χ1) is 8.22. The van der Waals surface area contributed by atoms with Crippen molar-refractivity contribution < 1.29 is 4.74 Å². The van der Waals surface area contributed by atoms with E-state index in [1.165, 1.54) is 0 Å². The molecule has 0 spiro atoms. The van der Waals surface area contributed by atoms with E-state index in [-0.39, 0.29) is 5.41 Å². The molecule has 17 heavy (non-hydrogen) atoms. The number of hydrogen-bond donors (Lipinski definition) is 3. The second kappa shape index (κ2) is 5.29. The zero-order chi connectivity index (χ0) is 12.1. The van der Waals surface area contributed by atoms with Crippen molar-refractivity contribution in [3.8, 4) is 0 Å². The summed E-state index contributed by atoms with van der Waals surface area (Å²) in [6.07, 6.45) is 5.43. The largest absolute Gasteiger partial charge is 0.381 e. The Morgan fingerprint density at radius 3 is 2.76 bits per heavy atom. The lowest BCUT2D eigenvalue weighted by Crippen LogP contribution is -2.33. The predicted molar refractivity (Wildman–Crippen MR) is 66.5 cm³/mol. The fourth-order valence-electron chi connectivity index (χ4n) is 1.87. The van der Waals surface area contributed by atoms with Gasteiger partial charge in [-0.25, -0.2) is 10.8 Å². The highest BCUT2D eigenvalue weighted by Crippen LogP contribution is 2.29. The molecule has 94 valence electrons. The number of ether oxygens (including phenoxy) is 1.